The third kappa shape index (κ3) is 36.5. The SMILES string of the molecule is CC(C)C(=O)CCCC(=O)NCCOCCOCCOCCOCCOCCOCCOCCOCCOCCOCCN=[N+]=[N-]. The van der Waals surface area contributed by atoms with Gasteiger partial charge in [0.25, 0.3) is 0 Å². The molecule has 16 heteroatoms. The van der Waals surface area contributed by atoms with Gasteiger partial charge in [-0.25, -0.2) is 0 Å². The van der Waals surface area contributed by atoms with E-state index in [1.807, 2.05) is 13.8 Å². The third-order valence-corrected chi connectivity index (χ3v) is 5.79. The Balaban J connectivity index is 3.13. The molecule has 46 heavy (non-hydrogen) atoms. The summed E-state index contributed by atoms with van der Waals surface area (Å²) in [6.07, 6.45) is 1.38. The highest BCUT2D eigenvalue weighted by Crippen LogP contribution is 2.04. The number of amides is 1. The first-order chi connectivity index (χ1) is 22.6. The Bertz CT molecular complexity index is 730. The van der Waals surface area contributed by atoms with Gasteiger partial charge in [0.05, 0.1) is 132 Å². The highest BCUT2D eigenvalue weighted by Gasteiger charge is 2.08. The average Bonchev–Trinajstić information content (AvgIpc) is 3.04. The molecule has 0 bridgehead atoms. The van der Waals surface area contributed by atoms with Gasteiger partial charge in [-0.05, 0) is 12.0 Å². The van der Waals surface area contributed by atoms with Gasteiger partial charge in [-0.15, -0.1) is 0 Å². The lowest BCUT2D eigenvalue weighted by Gasteiger charge is -2.09. The Kier molecular flexibility index (Phi) is 35.9. The van der Waals surface area contributed by atoms with Crippen molar-refractivity contribution in [2.75, 3.05) is 145 Å². The Hall–Kier alpha value is -1.95. The van der Waals surface area contributed by atoms with Crippen LogP contribution in [0.3, 0.4) is 0 Å². The maximum atomic E-state index is 11.7. The van der Waals surface area contributed by atoms with Crippen LogP contribution >= 0.6 is 0 Å². The molecule has 0 aliphatic rings. The number of nitrogens with zero attached hydrogens (tertiary/aromatic N) is 3. The lowest BCUT2D eigenvalue weighted by Crippen LogP contribution is -2.27. The first kappa shape index (κ1) is 44.0. The topological polar surface area (TPSA) is 187 Å². The van der Waals surface area contributed by atoms with Crippen LogP contribution in [0, 0.1) is 5.92 Å². The molecule has 0 atom stereocenters. The van der Waals surface area contributed by atoms with Crippen molar-refractivity contribution in [2.45, 2.75) is 33.1 Å². The maximum absolute atomic E-state index is 11.7. The van der Waals surface area contributed by atoms with Crippen molar-refractivity contribution in [3.05, 3.63) is 10.4 Å². The monoisotopic (exact) mass is 666 g/mol. The molecule has 1 amide bonds. The van der Waals surface area contributed by atoms with Gasteiger partial charge >= 0.3 is 0 Å². The number of ether oxygens (including phenoxy) is 10. The molecule has 0 spiro atoms. The van der Waals surface area contributed by atoms with E-state index in [0.29, 0.717) is 164 Å². The van der Waals surface area contributed by atoms with Crippen molar-refractivity contribution in [3.8, 4) is 0 Å². The van der Waals surface area contributed by atoms with Crippen molar-refractivity contribution in [1.82, 2.24) is 5.32 Å². The maximum Gasteiger partial charge on any atom is 0.220 e. The summed E-state index contributed by atoms with van der Waals surface area (Å²) >= 11 is 0. The molecule has 0 saturated heterocycles. The molecule has 0 aromatic rings. The molecule has 0 rings (SSSR count). The standard InChI is InChI=1S/C30H58N4O12/c1-28(2)29(35)4-3-5-30(36)32-6-8-37-10-12-39-14-16-41-18-20-43-22-24-45-26-27-46-25-23-44-21-19-42-17-15-40-13-11-38-9-7-33-34-31/h28H,3-27H2,1-2H3,(H,32,36). The van der Waals surface area contributed by atoms with Crippen molar-refractivity contribution in [1.29, 1.82) is 0 Å². The van der Waals surface area contributed by atoms with Crippen molar-refractivity contribution in [3.63, 3.8) is 0 Å². The molecule has 0 fully saturated rings. The summed E-state index contributed by atoms with van der Waals surface area (Å²) < 4.78 is 54.1. The summed E-state index contributed by atoms with van der Waals surface area (Å²) in [4.78, 5) is 25.9. The second kappa shape index (κ2) is 37.5. The predicted molar refractivity (Wildman–Crippen MR) is 169 cm³/mol. The summed E-state index contributed by atoms with van der Waals surface area (Å²) in [7, 11) is 0. The van der Waals surface area contributed by atoms with Gasteiger partial charge < -0.3 is 52.7 Å². The fraction of sp³-hybridized carbons (Fsp3) is 0.933. The normalized spacial score (nSPS) is 11.2. The van der Waals surface area contributed by atoms with Gasteiger partial charge in [-0.3, -0.25) is 9.59 Å². The minimum absolute atomic E-state index is 0.0197. The molecule has 0 saturated carbocycles. The van der Waals surface area contributed by atoms with E-state index in [1.54, 1.807) is 0 Å². The zero-order valence-corrected chi connectivity index (χ0v) is 28.0. The number of nitrogens with one attached hydrogen (secondary N) is 1. The van der Waals surface area contributed by atoms with E-state index in [-0.39, 0.29) is 17.6 Å². The van der Waals surface area contributed by atoms with Gasteiger partial charge in [0.2, 0.25) is 5.91 Å². The molecular weight excluding hydrogens is 608 g/mol. The van der Waals surface area contributed by atoms with Crippen molar-refractivity contribution < 1.29 is 57.0 Å². The Labute approximate surface area is 273 Å². The van der Waals surface area contributed by atoms with Crippen LogP contribution in [-0.2, 0) is 57.0 Å². The molecule has 0 aliphatic carbocycles. The second-order valence-electron chi connectivity index (χ2n) is 9.90. The van der Waals surface area contributed by atoms with Crippen LogP contribution in [-0.4, -0.2) is 157 Å². The van der Waals surface area contributed by atoms with E-state index < -0.39 is 0 Å². The van der Waals surface area contributed by atoms with Gasteiger partial charge in [-0.1, -0.05) is 19.0 Å². The number of carbonyl (C=O) groups is 2. The van der Waals surface area contributed by atoms with Crippen molar-refractivity contribution >= 4 is 11.7 Å². The van der Waals surface area contributed by atoms with E-state index in [9.17, 15) is 9.59 Å². The first-order valence-electron chi connectivity index (χ1n) is 16.2. The summed E-state index contributed by atoms with van der Waals surface area (Å²) in [6.45, 7) is 13.9. The Morgan fingerprint density at radius 1 is 0.543 bits per heavy atom. The van der Waals surface area contributed by atoms with Crippen LogP contribution in [0.2, 0.25) is 0 Å². The zero-order chi connectivity index (χ0) is 33.6. The van der Waals surface area contributed by atoms with Crippen LogP contribution in [0.1, 0.15) is 33.1 Å². The fourth-order valence-corrected chi connectivity index (χ4v) is 3.29. The average molecular weight is 667 g/mol. The summed E-state index contributed by atoms with van der Waals surface area (Å²) in [5, 5.41) is 6.15. The quantitative estimate of drug-likeness (QED) is 0.0438. The van der Waals surface area contributed by atoms with Crippen LogP contribution in [0.4, 0.5) is 0 Å². The zero-order valence-electron chi connectivity index (χ0n) is 28.0. The smallest absolute Gasteiger partial charge is 0.220 e. The number of carbonyl (C=O) groups excluding carboxylic acids is 2. The van der Waals surface area contributed by atoms with Gasteiger partial charge in [0.15, 0.2) is 0 Å². The second-order valence-corrected chi connectivity index (χ2v) is 9.90. The van der Waals surface area contributed by atoms with E-state index in [2.05, 4.69) is 15.3 Å². The minimum Gasteiger partial charge on any atom is -0.379 e. The Morgan fingerprint density at radius 3 is 1.20 bits per heavy atom. The number of hydrogen-bond donors (Lipinski definition) is 1. The highest BCUT2D eigenvalue weighted by molar-refractivity contribution is 5.81. The van der Waals surface area contributed by atoms with Crippen LogP contribution < -0.4 is 5.32 Å². The molecule has 0 unspecified atom stereocenters. The molecule has 0 aromatic heterocycles. The molecular formula is C30H58N4O12. The summed E-state index contributed by atoms with van der Waals surface area (Å²) in [5.74, 6) is 0.146. The van der Waals surface area contributed by atoms with E-state index in [1.165, 1.54) is 0 Å². The minimum atomic E-state index is -0.0622. The van der Waals surface area contributed by atoms with Crippen LogP contribution in [0.5, 0.6) is 0 Å². The van der Waals surface area contributed by atoms with Gasteiger partial charge in [0, 0.05) is 36.8 Å². The first-order valence-corrected chi connectivity index (χ1v) is 16.2. The fourth-order valence-electron chi connectivity index (χ4n) is 3.29. The number of Topliss-reactive ketones (excluding diaryl/α,β-unsaturated/α-hetero) is 1. The highest BCUT2D eigenvalue weighted by atomic mass is 16.6. The molecule has 1 N–H and O–H groups in total. The molecule has 16 nitrogen and oxygen atoms in total. The molecule has 0 radical (unpaired) electrons. The molecule has 0 aliphatic heterocycles. The van der Waals surface area contributed by atoms with Crippen LogP contribution in [0.15, 0.2) is 5.11 Å². The van der Waals surface area contributed by atoms with E-state index in [4.69, 9.17) is 52.9 Å². The molecule has 0 heterocycles. The summed E-state index contributed by atoms with van der Waals surface area (Å²) in [6, 6.07) is 0. The summed E-state index contributed by atoms with van der Waals surface area (Å²) in [5.41, 5.74) is 8.13. The number of azide groups is 1. The molecule has 270 valence electrons. The lowest BCUT2D eigenvalue weighted by molar-refractivity contribution is -0.123. The van der Waals surface area contributed by atoms with E-state index >= 15 is 0 Å². The van der Waals surface area contributed by atoms with Gasteiger partial charge in [0.1, 0.15) is 5.78 Å². The largest absolute Gasteiger partial charge is 0.379 e. The molecule has 0 aromatic carbocycles. The number of hydrogen-bond acceptors (Lipinski definition) is 13. The van der Waals surface area contributed by atoms with E-state index in [0.717, 1.165) is 0 Å². The van der Waals surface area contributed by atoms with Crippen molar-refractivity contribution in [2.24, 2.45) is 11.0 Å². The number of ketones is 1. The van der Waals surface area contributed by atoms with Gasteiger partial charge in [-0.2, -0.15) is 0 Å². The van der Waals surface area contributed by atoms with Crippen LogP contribution in [0.25, 0.3) is 10.4 Å². The lowest BCUT2D eigenvalue weighted by atomic mass is 10.0. The third-order valence-electron chi connectivity index (χ3n) is 5.79. The number of rotatable bonds is 38. The predicted octanol–water partition coefficient (Wildman–Crippen LogP) is 1.97. The Morgan fingerprint density at radius 2 is 0.870 bits per heavy atom.